The van der Waals surface area contributed by atoms with Gasteiger partial charge in [0.2, 0.25) is 5.91 Å². The molecule has 1 aliphatic rings. The summed E-state index contributed by atoms with van der Waals surface area (Å²) < 4.78 is 11.1. The predicted molar refractivity (Wildman–Crippen MR) is 93.9 cm³/mol. The molecule has 0 radical (unpaired) electrons. The van der Waals surface area contributed by atoms with E-state index in [1.807, 2.05) is 38.1 Å². The van der Waals surface area contributed by atoms with Crippen molar-refractivity contribution in [3.63, 3.8) is 0 Å². The van der Waals surface area contributed by atoms with E-state index in [-0.39, 0.29) is 11.8 Å². The number of aryl methyl sites for hydroxylation is 2. The van der Waals surface area contributed by atoms with Gasteiger partial charge in [0, 0.05) is 24.4 Å². The third-order valence-electron chi connectivity index (χ3n) is 4.22. The van der Waals surface area contributed by atoms with Gasteiger partial charge in [0.05, 0.1) is 13.0 Å². The number of aromatic nitrogens is 2. The maximum absolute atomic E-state index is 12.4. The van der Waals surface area contributed by atoms with Crippen LogP contribution in [0.4, 0.5) is 0 Å². The van der Waals surface area contributed by atoms with E-state index in [2.05, 4.69) is 15.3 Å². The lowest BCUT2D eigenvalue weighted by Gasteiger charge is -2.25. The number of carbonyl (C=O) groups is 1. The van der Waals surface area contributed by atoms with Crippen LogP contribution in [0.25, 0.3) is 0 Å². The topological polar surface area (TPSA) is 73.3 Å². The molecule has 1 aromatic heterocycles. The minimum absolute atomic E-state index is 0.00200. The second-order valence-electron chi connectivity index (χ2n) is 6.27. The number of rotatable bonds is 5. The highest BCUT2D eigenvalue weighted by atomic mass is 16.5. The number of benzene rings is 1. The fourth-order valence-corrected chi connectivity index (χ4v) is 3.08. The van der Waals surface area contributed by atoms with Crippen LogP contribution in [0.15, 0.2) is 24.3 Å². The Kier molecular flexibility index (Phi) is 5.16. The summed E-state index contributed by atoms with van der Waals surface area (Å²) in [5.41, 5.74) is 2.89. The summed E-state index contributed by atoms with van der Waals surface area (Å²) in [5, 5.41) is 2.97. The third-order valence-corrected chi connectivity index (χ3v) is 4.22. The molecule has 1 amide bonds. The van der Waals surface area contributed by atoms with Gasteiger partial charge < -0.3 is 14.8 Å². The molecule has 2 aromatic rings. The Labute approximate surface area is 147 Å². The number of ether oxygens (including phenoxy) is 2. The lowest BCUT2D eigenvalue weighted by Crippen LogP contribution is -2.38. The maximum Gasteiger partial charge on any atom is 0.226 e. The van der Waals surface area contributed by atoms with Gasteiger partial charge in [-0.2, -0.15) is 0 Å². The van der Waals surface area contributed by atoms with Crippen LogP contribution in [-0.2, 0) is 17.6 Å². The molecule has 2 heterocycles. The summed E-state index contributed by atoms with van der Waals surface area (Å²) in [6, 6.07) is 7.69. The minimum atomic E-state index is -0.195. The van der Waals surface area contributed by atoms with Crippen LogP contribution in [0.2, 0.25) is 0 Å². The van der Waals surface area contributed by atoms with Gasteiger partial charge in [-0.3, -0.25) is 4.79 Å². The molecule has 0 saturated carbocycles. The van der Waals surface area contributed by atoms with Crippen LogP contribution in [0.5, 0.6) is 11.5 Å². The minimum Gasteiger partial charge on any atom is -0.493 e. The second kappa shape index (κ2) is 7.51. The molecule has 1 N–H and O–H groups in total. The Morgan fingerprint density at radius 2 is 2.08 bits per heavy atom. The molecule has 0 bridgehead atoms. The van der Waals surface area contributed by atoms with Crippen molar-refractivity contribution >= 4 is 5.91 Å². The van der Waals surface area contributed by atoms with Crippen LogP contribution >= 0.6 is 0 Å². The molecule has 1 aliphatic heterocycles. The number of carbonyl (C=O) groups excluding carboxylic acids is 1. The van der Waals surface area contributed by atoms with Gasteiger partial charge in [0.15, 0.2) is 11.5 Å². The molecule has 0 unspecified atom stereocenters. The Morgan fingerprint density at radius 1 is 1.32 bits per heavy atom. The van der Waals surface area contributed by atoms with Crippen LogP contribution in [0.3, 0.4) is 0 Å². The Balaban J connectivity index is 1.55. The molecule has 6 heteroatoms. The van der Waals surface area contributed by atoms with Crippen molar-refractivity contribution in [3.8, 4) is 11.5 Å². The lowest BCUT2D eigenvalue weighted by molar-refractivity contribution is -0.126. The second-order valence-corrected chi connectivity index (χ2v) is 6.27. The van der Waals surface area contributed by atoms with Crippen molar-refractivity contribution in [1.29, 1.82) is 0 Å². The molecular weight excluding hydrogens is 318 g/mol. The first kappa shape index (κ1) is 17.2. The summed E-state index contributed by atoms with van der Waals surface area (Å²) in [5.74, 6) is 2.02. The molecule has 0 spiro atoms. The van der Waals surface area contributed by atoms with E-state index < -0.39 is 0 Å². The fraction of sp³-hybridized carbons (Fsp3) is 0.421. The lowest BCUT2D eigenvalue weighted by atomic mass is 9.95. The van der Waals surface area contributed by atoms with Gasteiger partial charge >= 0.3 is 0 Å². The Morgan fingerprint density at radius 3 is 2.80 bits per heavy atom. The van der Waals surface area contributed by atoms with E-state index in [1.165, 1.54) is 0 Å². The highest BCUT2D eigenvalue weighted by Crippen LogP contribution is 2.35. The zero-order valence-corrected chi connectivity index (χ0v) is 14.8. The van der Waals surface area contributed by atoms with Gasteiger partial charge in [-0.1, -0.05) is 12.1 Å². The first-order chi connectivity index (χ1) is 12.1. The Hall–Kier alpha value is -2.63. The van der Waals surface area contributed by atoms with Crippen molar-refractivity contribution in [3.05, 3.63) is 47.0 Å². The number of fused-ring (bicyclic) bond motifs is 1. The van der Waals surface area contributed by atoms with Crippen molar-refractivity contribution in [1.82, 2.24) is 15.3 Å². The van der Waals surface area contributed by atoms with E-state index in [0.717, 1.165) is 28.5 Å². The van der Waals surface area contributed by atoms with E-state index >= 15 is 0 Å². The monoisotopic (exact) mass is 341 g/mol. The van der Waals surface area contributed by atoms with Crippen LogP contribution in [-0.4, -0.2) is 36.1 Å². The van der Waals surface area contributed by atoms with Crippen molar-refractivity contribution < 1.29 is 14.3 Å². The van der Waals surface area contributed by atoms with Crippen molar-refractivity contribution in [2.75, 3.05) is 20.3 Å². The van der Waals surface area contributed by atoms with Gasteiger partial charge in [0.25, 0.3) is 0 Å². The number of para-hydroxylation sites is 1. The van der Waals surface area contributed by atoms with E-state index in [9.17, 15) is 4.79 Å². The molecule has 1 aromatic carbocycles. The molecular formula is C19H23N3O3. The third kappa shape index (κ3) is 4.07. The van der Waals surface area contributed by atoms with E-state index in [1.54, 1.807) is 7.11 Å². The molecule has 25 heavy (non-hydrogen) atoms. The molecule has 3 rings (SSSR count). The maximum atomic E-state index is 12.4. The number of amides is 1. The number of hydrogen-bond acceptors (Lipinski definition) is 5. The molecule has 6 nitrogen and oxygen atoms in total. The predicted octanol–water partition coefficient (Wildman–Crippen LogP) is 2.01. The van der Waals surface area contributed by atoms with E-state index in [0.29, 0.717) is 31.7 Å². The summed E-state index contributed by atoms with van der Waals surface area (Å²) in [4.78, 5) is 21.2. The number of nitrogens with zero attached hydrogens (tertiary/aromatic N) is 2. The SMILES string of the molecule is COc1cccc2c1OC[C@@H](C(=O)NCCc1nc(C)cc(C)n1)C2. The summed E-state index contributed by atoms with van der Waals surface area (Å²) in [6.45, 7) is 4.77. The normalized spacial score (nSPS) is 15.9. The number of nitrogens with one attached hydrogen (secondary N) is 1. The van der Waals surface area contributed by atoms with Gasteiger partial charge in [0.1, 0.15) is 12.4 Å². The summed E-state index contributed by atoms with van der Waals surface area (Å²) in [7, 11) is 1.62. The highest BCUT2D eigenvalue weighted by Gasteiger charge is 2.27. The van der Waals surface area contributed by atoms with Gasteiger partial charge in [-0.05, 0) is 38.0 Å². The first-order valence-corrected chi connectivity index (χ1v) is 8.44. The summed E-state index contributed by atoms with van der Waals surface area (Å²) >= 11 is 0. The zero-order valence-electron chi connectivity index (χ0n) is 14.8. The quantitative estimate of drug-likeness (QED) is 0.901. The van der Waals surface area contributed by atoms with E-state index in [4.69, 9.17) is 9.47 Å². The van der Waals surface area contributed by atoms with Crippen LogP contribution in [0.1, 0.15) is 22.8 Å². The van der Waals surface area contributed by atoms with Crippen LogP contribution < -0.4 is 14.8 Å². The standard InChI is InChI=1S/C19H23N3O3/c1-12-9-13(2)22-17(21-12)7-8-20-19(23)15-10-14-5-4-6-16(24-3)18(14)25-11-15/h4-6,9,15H,7-8,10-11H2,1-3H3,(H,20,23)/t15-/m0/s1. The van der Waals surface area contributed by atoms with Gasteiger partial charge in [-0.15, -0.1) is 0 Å². The van der Waals surface area contributed by atoms with Crippen molar-refractivity contribution in [2.45, 2.75) is 26.7 Å². The molecule has 0 fully saturated rings. The smallest absolute Gasteiger partial charge is 0.226 e. The molecule has 132 valence electrons. The van der Waals surface area contributed by atoms with Crippen molar-refractivity contribution in [2.24, 2.45) is 5.92 Å². The largest absolute Gasteiger partial charge is 0.493 e. The van der Waals surface area contributed by atoms with Crippen LogP contribution in [0, 0.1) is 19.8 Å². The highest BCUT2D eigenvalue weighted by molar-refractivity contribution is 5.79. The fourth-order valence-electron chi connectivity index (χ4n) is 3.08. The first-order valence-electron chi connectivity index (χ1n) is 8.44. The molecule has 0 saturated heterocycles. The number of hydrogen-bond donors (Lipinski definition) is 1. The van der Waals surface area contributed by atoms with Gasteiger partial charge in [-0.25, -0.2) is 9.97 Å². The molecule has 1 atom stereocenters. The average Bonchev–Trinajstić information content (AvgIpc) is 2.59. The Bertz CT molecular complexity index is 756. The molecule has 0 aliphatic carbocycles. The number of methoxy groups -OCH3 is 1. The average molecular weight is 341 g/mol. The summed E-state index contributed by atoms with van der Waals surface area (Å²) in [6.07, 6.45) is 1.27. The zero-order chi connectivity index (χ0) is 17.8.